The first kappa shape index (κ1) is 10.1. The summed E-state index contributed by atoms with van der Waals surface area (Å²) >= 11 is 0. The van der Waals surface area contributed by atoms with Gasteiger partial charge in [-0.05, 0) is 18.6 Å². The molecule has 0 radical (unpaired) electrons. The van der Waals surface area contributed by atoms with Gasteiger partial charge in [-0.2, -0.15) is 0 Å². The van der Waals surface area contributed by atoms with E-state index in [9.17, 15) is 4.39 Å². The number of hydrogen-bond acceptors (Lipinski definition) is 1. The lowest BCUT2D eigenvalue weighted by Gasteiger charge is -1.95. The lowest BCUT2D eigenvalue weighted by atomic mass is 10.2. The van der Waals surface area contributed by atoms with Crippen LogP contribution >= 0.6 is 0 Å². The van der Waals surface area contributed by atoms with E-state index in [2.05, 4.69) is 4.98 Å². The summed E-state index contributed by atoms with van der Waals surface area (Å²) in [5, 5.41) is 0. The van der Waals surface area contributed by atoms with E-state index in [4.69, 9.17) is 0 Å². The minimum Gasteiger partial charge on any atom is -0.264 e. The second kappa shape index (κ2) is 5.83. The first-order valence-electron chi connectivity index (χ1n) is 3.80. The molecule has 2 heteroatoms. The minimum absolute atomic E-state index is 0.417. The Hall–Kier alpha value is -0.920. The van der Waals surface area contributed by atoms with Crippen molar-refractivity contribution in [3.63, 3.8) is 0 Å². The van der Waals surface area contributed by atoms with E-state index < -0.39 is 6.67 Å². The fourth-order valence-corrected chi connectivity index (χ4v) is 0.637. The van der Waals surface area contributed by atoms with Crippen LogP contribution in [0.15, 0.2) is 18.5 Å². The summed E-state index contributed by atoms with van der Waals surface area (Å²) in [6, 6.07) is 1.80. The van der Waals surface area contributed by atoms with E-state index in [1.54, 1.807) is 18.5 Å². The third-order valence-electron chi connectivity index (χ3n) is 1.29. The Morgan fingerprint density at radius 3 is 2.45 bits per heavy atom. The van der Waals surface area contributed by atoms with Crippen molar-refractivity contribution in [3.8, 4) is 0 Å². The zero-order valence-corrected chi connectivity index (χ0v) is 7.26. The highest BCUT2D eigenvalue weighted by Gasteiger charge is 1.93. The summed E-state index contributed by atoms with van der Waals surface area (Å²) in [5.41, 5.74) is 1.64. The standard InChI is InChI=1S/C7H8FN.C2H6/c1-6-2-3-9-5-7(6)4-8;1-2/h2-3,5H,4H2,1H3;1-2H3. The molecule has 1 nitrogen and oxygen atoms in total. The molecular formula is C9H14FN. The van der Waals surface area contributed by atoms with Gasteiger partial charge in [-0.3, -0.25) is 4.98 Å². The highest BCUT2D eigenvalue weighted by Crippen LogP contribution is 2.04. The predicted molar refractivity (Wildman–Crippen MR) is 45.1 cm³/mol. The highest BCUT2D eigenvalue weighted by molar-refractivity contribution is 5.19. The predicted octanol–water partition coefficient (Wildman–Crippen LogP) is 2.89. The van der Waals surface area contributed by atoms with Gasteiger partial charge in [0.1, 0.15) is 6.67 Å². The zero-order valence-electron chi connectivity index (χ0n) is 7.26. The van der Waals surface area contributed by atoms with Gasteiger partial charge in [-0.25, -0.2) is 4.39 Å². The lowest BCUT2D eigenvalue weighted by molar-refractivity contribution is 0.482. The van der Waals surface area contributed by atoms with Crippen molar-refractivity contribution < 1.29 is 4.39 Å². The lowest BCUT2D eigenvalue weighted by Crippen LogP contribution is -1.84. The van der Waals surface area contributed by atoms with Gasteiger partial charge in [-0.1, -0.05) is 13.8 Å². The molecule has 11 heavy (non-hydrogen) atoms. The number of aryl methyl sites for hydroxylation is 1. The molecule has 62 valence electrons. The van der Waals surface area contributed by atoms with Crippen LogP contribution in [0.5, 0.6) is 0 Å². The SMILES string of the molecule is CC.Cc1ccncc1CF. The molecule has 0 N–H and O–H groups in total. The van der Waals surface area contributed by atoms with Crippen molar-refractivity contribution in [2.24, 2.45) is 0 Å². The molecule has 0 aliphatic rings. The van der Waals surface area contributed by atoms with E-state index in [-0.39, 0.29) is 0 Å². The normalized spacial score (nSPS) is 8.36. The molecule has 0 atom stereocenters. The molecular weight excluding hydrogens is 141 g/mol. The summed E-state index contributed by atoms with van der Waals surface area (Å²) < 4.78 is 11.9. The van der Waals surface area contributed by atoms with Crippen molar-refractivity contribution >= 4 is 0 Å². The first-order chi connectivity index (χ1) is 5.34. The fraction of sp³-hybridized carbons (Fsp3) is 0.444. The largest absolute Gasteiger partial charge is 0.264 e. The van der Waals surface area contributed by atoms with Crippen LogP contribution in [0.25, 0.3) is 0 Å². The molecule has 0 saturated heterocycles. The maximum absolute atomic E-state index is 11.9. The van der Waals surface area contributed by atoms with Gasteiger partial charge < -0.3 is 0 Å². The molecule has 1 rings (SSSR count). The topological polar surface area (TPSA) is 12.9 Å². The van der Waals surface area contributed by atoms with Crippen LogP contribution < -0.4 is 0 Å². The summed E-state index contributed by atoms with van der Waals surface area (Å²) in [6.45, 7) is 5.45. The van der Waals surface area contributed by atoms with Crippen LogP contribution in [0.4, 0.5) is 4.39 Å². The second-order valence-electron chi connectivity index (χ2n) is 1.94. The number of halogens is 1. The molecule has 0 spiro atoms. The van der Waals surface area contributed by atoms with Gasteiger partial charge in [0.05, 0.1) is 0 Å². The molecule has 1 heterocycles. The van der Waals surface area contributed by atoms with Crippen molar-refractivity contribution in [3.05, 3.63) is 29.6 Å². The van der Waals surface area contributed by atoms with Crippen LogP contribution in [0.3, 0.4) is 0 Å². The molecule has 0 bridgehead atoms. The van der Waals surface area contributed by atoms with Crippen LogP contribution in [0.1, 0.15) is 25.0 Å². The third kappa shape index (κ3) is 3.12. The quantitative estimate of drug-likeness (QED) is 0.607. The molecule has 0 aliphatic carbocycles. The number of nitrogens with zero attached hydrogens (tertiary/aromatic N) is 1. The molecule has 0 fully saturated rings. The average molecular weight is 155 g/mol. The van der Waals surface area contributed by atoms with Crippen LogP contribution in [-0.4, -0.2) is 4.98 Å². The van der Waals surface area contributed by atoms with Crippen molar-refractivity contribution in [1.29, 1.82) is 0 Å². The maximum Gasteiger partial charge on any atom is 0.116 e. The maximum atomic E-state index is 11.9. The van der Waals surface area contributed by atoms with Gasteiger partial charge in [0, 0.05) is 18.0 Å². The zero-order chi connectivity index (χ0) is 8.69. The van der Waals surface area contributed by atoms with E-state index in [0.717, 1.165) is 5.56 Å². The van der Waals surface area contributed by atoms with Crippen molar-refractivity contribution in [2.45, 2.75) is 27.4 Å². The minimum atomic E-state index is -0.417. The van der Waals surface area contributed by atoms with Crippen LogP contribution in [0.2, 0.25) is 0 Å². The Morgan fingerprint density at radius 1 is 1.45 bits per heavy atom. The van der Waals surface area contributed by atoms with Crippen molar-refractivity contribution in [2.75, 3.05) is 0 Å². The number of alkyl halides is 1. The summed E-state index contributed by atoms with van der Waals surface area (Å²) in [7, 11) is 0. The van der Waals surface area contributed by atoms with Gasteiger partial charge in [0.25, 0.3) is 0 Å². The van der Waals surface area contributed by atoms with Crippen LogP contribution in [0, 0.1) is 6.92 Å². The smallest absolute Gasteiger partial charge is 0.116 e. The Bertz CT molecular complexity index is 199. The van der Waals surface area contributed by atoms with E-state index in [0.29, 0.717) is 5.56 Å². The average Bonchev–Trinajstić information content (AvgIpc) is 2.09. The highest BCUT2D eigenvalue weighted by atomic mass is 19.1. The molecule has 0 amide bonds. The first-order valence-corrected chi connectivity index (χ1v) is 3.80. The number of aromatic nitrogens is 1. The monoisotopic (exact) mass is 155 g/mol. The Balaban J connectivity index is 0.000000461. The van der Waals surface area contributed by atoms with Gasteiger partial charge in [-0.15, -0.1) is 0 Å². The molecule has 1 aromatic heterocycles. The van der Waals surface area contributed by atoms with Crippen LogP contribution in [-0.2, 0) is 6.67 Å². The van der Waals surface area contributed by atoms with E-state index in [1.165, 1.54) is 0 Å². The Kier molecular flexibility index (Phi) is 5.35. The van der Waals surface area contributed by atoms with E-state index >= 15 is 0 Å². The molecule has 0 aromatic carbocycles. The molecule has 0 aliphatic heterocycles. The Labute approximate surface area is 67.3 Å². The second-order valence-corrected chi connectivity index (χ2v) is 1.94. The molecule has 0 unspecified atom stereocenters. The molecule has 0 saturated carbocycles. The summed E-state index contributed by atoms with van der Waals surface area (Å²) in [6.07, 6.45) is 3.21. The summed E-state index contributed by atoms with van der Waals surface area (Å²) in [4.78, 5) is 3.78. The summed E-state index contributed by atoms with van der Waals surface area (Å²) in [5.74, 6) is 0. The Morgan fingerprint density at radius 2 is 2.09 bits per heavy atom. The number of rotatable bonds is 1. The van der Waals surface area contributed by atoms with Gasteiger partial charge in [0.2, 0.25) is 0 Å². The van der Waals surface area contributed by atoms with Gasteiger partial charge >= 0.3 is 0 Å². The van der Waals surface area contributed by atoms with Gasteiger partial charge in [0.15, 0.2) is 0 Å². The number of hydrogen-bond donors (Lipinski definition) is 0. The van der Waals surface area contributed by atoms with E-state index in [1.807, 2.05) is 20.8 Å². The molecule has 1 aromatic rings. The third-order valence-corrected chi connectivity index (χ3v) is 1.29. The number of pyridine rings is 1. The fourth-order valence-electron chi connectivity index (χ4n) is 0.637. The van der Waals surface area contributed by atoms with Crippen molar-refractivity contribution in [1.82, 2.24) is 4.98 Å².